The molecule has 0 fully saturated rings. The number of hydrogen-bond donors (Lipinski definition) is 1. The SMILES string of the molecule is O=C(CSC(c1ccc(F)cc1)c1ccc(F)cc1)NCCc1nnc2ccccn12. The average molecular weight is 439 g/mol. The molecule has 0 aliphatic carbocycles. The molecule has 0 bridgehead atoms. The van der Waals surface area contributed by atoms with Gasteiger partial charge >= 0.3 is 0 Å². The number of nitrogens with zero attached hydrogens (tertiary/aromatic N) is 3. The number of rotatable bonds is 8. The highest BCUT2D eigenvalue weighted by Crippen LogP contribution is 2.35. The number of carbonyl (C=O) groups is 1. The van der Waals surface area contributed by atoms with Gasteiger partial charge in [0.1, 0.15) is 17.5 Å². The van der Waals surface area contributed by atoms with Gasteiger partial charge in [-0.2, -0.15) is 0 Å². The zero-order valence-electron chi connectivity index (χ0n) is 16.5. The summed E-state index contributed by atoms with van der Waals surface area (Å²) in [6.07, 6.45) is 2.44. The first-order valence-corrected chi connectivity index (χ1v) is 10.8. The van der Waals surface area contributed by atoms with Crippen molar-refractivity contribution in [1.82, 2.24) is 19.9 Å². The Balaban J connectivity index is 1.36. The van der Waals surface area contributed by atoms with E-state index in [9.17, 15) is 13.6 Å². The van der Waals surface area contributed by atoms with E-state index in [1.165, 1.54) is 36.0 Å². The van der Waals surface area contributed by atoms with Crippen molar-refractivity contribution in [3.63, 3.8) is 0 Å². The van der Waals surface area contributed by atoms with E-state index in [1.807, 2.05) is 28.8 Å². The molecule has 2 aromatic heterocycles. The van der Waals surface area contributed by atoms with Crippen molar-refractivity contribution in [3.05, 3.63) is 102 Å². The van der Waals surface area contributed by atoms with Gasteiger partial charge in [-0.3, -0.25) is 9.20 Å². The summed E-state index contributed by atoms with van der Waals surface area (Å²) in [6.45, 7) is 0.437. The van der Waals surface area contributed by atoms with Crippen LogP contribution in [0.2, 0.25) is 0 Å². The molecule has 31 heavy (non-hydrogen) atoms. The molecule has 0 aliphatic rings. The first-order valence-electron chi connectivity index (χ1n) is 9.78. The first kappa shape index (κ1) is 21.0. The van der Waals surface area contributed by atoms with Crippen LogP contribution in [0.5, 0.6) is 0 Å². The third-order valence-electron chi connectivity index (χ3n) is 4.78. The molecule has 2 heterocycles. The smallest absolute Gasteiger partial charge is 0.230 e. The van der Waals surface area contributed by atoms with E-state index in [2.05, 4.69) is 15.5 Å². The molecule has 0 saturated carbocycles. The van der Waals surface area contributed by atoms with Gasteiger partial charge in [-0.1, -0.05) is 30.3 Å². The van der Waals surface area contributed by atoms with Crippen LogP contribution in [-0.2, 0) is 11.2 Å². The van der Waals surface area contributed by atoms with Crippen LogP contribution in [0, 0.1) is 11.6 Å². The van der Waals surface area contributed by atoms with Crippen molar-refractivity contribution < 1.29 is 13.6 Å². The van der Waals surface area contributed by atoms with E-state index in [4.69, 9.17) is 0 Å². The van der Waals surface area contributed by atoms with Crippen molar-refractivity contribution in [2.45, 2.75) is 11.7 Å². The summed E-state index contributed by atoms with van der Waals surface area (Å²) in [5.74, 6) is 0.211. The summed E-state index contributed by atoms with van der Waals surface area (Å²) in [5.41, 5.74) is 2.46. The summed E-state index contributed by atoms with van der Waals surface area (Å²) in [4.78, 5) is 12.4. The molecule has 0 saturated heterocycles. The van der Waals surface area contributed by atoms with E-state index in [0.29, 0.717) is 13.0 Å². The Labute approximate surface area is 182 Å². The third kappa shape index (κ3) is 5.27. The van der Waals surface area contributed by atoms with Crippen LogP contribution in [0.25, 0.3) is 5.65 Å². The maximum Gasteiger partial charge on any atom is 0.230 e. The normalized spacial score (nSPS) is 11.2. The number of pyridine rings is 1. The molecule has 5 nitrogen and oxygen atoms in total. The molecule has 4 rings (SSSR count). The molecule has 1 amide bonds. The van der Waals surface area contributed by atoms with E-state index < -0.39 is 0 Å². The number of hydrogen-bond acceptors (Lipinski definition) is 4. The van der Waals surface area contributed by atoms with E-state index in [-0.39, 0.29) is 28.5 Å². The van der Waals surface area contributed by atoms with Crippen LogP contribution in [0.1, 0.15) is 22.2 Å². The number of aromatic nitrogens is 3. The molecule has 0 atom stereocenters. The molecule has 158 valence electrons. The summed E-state index contributed by atoms with van der Waals surface area (Å²) in [5, 5.41) is 10.9. The molecule has 0 unspecified atom stereocenters. The highest BCUT2D eigenvalue weighted by molar-refractivity contribution is 8.00. The lowest BCUT2D eigenvalue weighted by Gasteiger charge is -2.18. The van der Waals surface area contributed by atoms with Gasteiger partial charge in [0.2, 0.25) is 5.91 Å². The number of benzene rings is 2. The minimum Gasteiger partial charge on any atom is -0.355 e. The van der Waals surface area contributed by atoms with E-state index in [1.54, 1.807) is 24.3 Å². The minimum atomic E-state index is -0.328. The second-order valence-electron chi connectivity index (χ2n) is 6.94. The lowest BCUT2D eigenvalue weighted by molar-refractivity contribution is -0.118. The number of carbonyl (C=O) groups excluding carboxylic acids is 1. The van der Waals surface area contributed by atoms with Gasteiger partial charge in [-0.05, 0) is 47.5 Å². The first-order chi connectivity index (χ1) is 15.1. The van der Waals surface area contributed by atoms with Crippen LogP contribution in [0.15, 0.2) is 72.9 Å². The number of amides is 1. The number of nitrogens with one attached hydrogen (secondary N) is 1. The lowest BCUT2D eigenvalue weighted by Crippen LogP contribution is -2.28. The zero-order valence-corrected chi connectivity index (χ0v) is 17.4. The van der Waals surface area contributed by atoms with E-state index >= 15 is 0 Å². The van der Waals surface area contributed by atoms with Crippen LogP contribution in [0.3, 0.4) is 0 Å². The summed E-state index contributed by atoms with van der Waals surface area (Å²) in [7, 11) is 0. The second kappa shape index (κ2) is 9.70. The standard InChI is InChI=1S/C23H20F2N4OS/c24-18-8-4-16(5-9-18)23(17-6-10-19(25)11-7-17)31-15-22(30)26-13-12-21-28-27-20-3-1-2-14-29(20)21/h1-11,14,23H,12-13,15H2,(H,26,30). The molecular weight excluding hydrogens is 418 g/mol. The Morgan fingerprint density at radius 1 is 0.935 bits per heavy atom. The van der Waals surface area contributed by atoms with Gasteiger partial charge in [0.15, 0.2) is 5.65 Å². The minimum absolute atomic E-state index is 0.118. The Bertz CT molecular complexity index is 1120. The quantitative estimate of drug-likeness (QED) is 0.448. The number of fused-ring (bicyclic) bond motifs is 1. The molecule has 0 spiro atoms. The van der Waals surface area contributed by atoms with Crippen molar-refractivity contribution in [3.8, 4) is 0 Å². The van der Waals surface area contributed by atoms with Gasteiger partial charge in [-0.25, -0.2) is 8.78 Å². The van der Waals surface area contributed by atoms with Crippen molar-refractivity contribution >= 4 is 23.3 Å². The Morgan fingerprint density at radius 3 is 2.23 bits per heavy atom. The van der Waals surface area contributed by atoms with Crippen LogP contribution in [-0.4, -0.2) is 32.8 Å². The summed E-state index contributed by atoms with van der Waals surface area (Å²) in [6, 6.07) is 17.9. The molecule has 0 radical (unpaired) electrons. The second-order valence-corrected chi connectivity index (χ2v) is 8.03. The molecule has 4 aromatic rings. The highest BCUT2D eigenvalue weighted by atomic mass is 32.2. The average Bonchev–Trinajstić information content (AvgIpc) is 3.19. The number of halogens is 2. The zero-order chi connectivity index (χ0) is 21.6. The maximum atomic E-state index is 13.3. The predicted molar refractivity (Wildman–Crippen MR) is 117 cm³/mol. The topological polar surface area (TPSA) is 59.3 Å². The Morgan fingerprint density at radius 2 is 1.58 bits per heavy atom. The van der Waals surface area contributed by atoms with Crippen molar-refractivity contribution in [2.24, 2.45) is 0 Å². The van der Waals surface area contributed by atoms with Gasteiger partial charge in [0.25, 0.3) is 0 Å². The highest BCUT2D eigenvalue weighted by Gasteiger charge is 2.17. The monoisotopic (exact) mass is 438 g/mol. The Kier molecular flexibility index (Phi) is 6.57. The van der Waals surface area contributed by atoms with Crippen molar-refractivity contribution in [2.75, 3.05) is 12.3 Å². The molecule has 0 aliphatic heterocycles. The molecule has 1 N–H and O–H groups in total. The lowest BCUT2D eigenvalue weighted by atomic mass is 10.0. The third-order valence-corrected chi connectivity index (χ3v) is 6.09. The summed E-state index contributed by atoms with van der Waals surface area (Å²) >= 11 is 1.41. The predicted octanol–water partition coefficient (Wildman–Crippen LogP) is 4.19. The molecular formula is C23H20F2N4OS. The fourth-order valence-electron chi connectivity index (χ4n) is 3.25. The van der Waals surface area contributed by atoms with Gasteiger partial charge in [-0.15, -0.1) is 22.0 Å². The van der Waals surface area contributed by atoms with Crippen LogP contribution >= 0.6 is 11.8 Å². The fraction of sp³-hybridized carbons (Fsp3) is 0.174. The fourth-order valence-corrected chi connectivity index (χ4v) is 4.36. The Hall–Kier alpha value is -3.26. The maximum absolute atomic E-state index is 13.3. The van der Waals surface area contributed by atoms with Gasteiger partial charge < -0.3 is 5.32 Å². The van der Waals surface area contributed by atoms with E-state index in [0.717, 1.165) is 22.6 Å². The van der Waals surface area contributed by atoms with Gasteiger partial charge in [0, 0.05) is 19.2 Å². The molecule has 8 heteroatoms. The summed E-state index contributed by atoms with van der Waals surface area (Å²) < 4.78 is 28.6. The van der Waals surface area contributed by atoms with Crippen molar-refractivity contribution in [1.29, 1.82) is 0 Å². The van der Waals surface area contributed by atoms with Gasteiger partial charge in [0.05, 0.1) is 11.0 Å². The molecule has 2 aromatic carbocycles. The van der Waals surface area contributed by atoms with Crippen LogP contribution < -0.4 is 5.32 Å². The number of thioether (sulfide) groups is 1. The van der Waals surface area contributed by atoms with Crippen LogP contribution in [0.4, 0.5) is 8.78 Å². The largest absolute Gasteiger partial charge is 0.355 e.